The summed E-state index contributed by atoms with van der Waals surface area (Å²) in [6.45, 7) is 5.18. The number of nitrogens with two attached hydrogens (primary N) is 1. The first-order valence-corrected chi connectivity index (χ1v) is 7.20. The minimum atomic E-state index is -3.69. The van der Waals surface area contributed by atoms with E-state index in [0.717, 1.165) is 5.56 Å². The highest BCUT2D eigenvalue weighted by atomic mass is 32.2. The molecule has 0 aliphatic carbocycles. The van der Waals surface area contributed by atoms with Crippen LogP contribution in [0.4, 0.5) is 11.4 Å². The molecule has 2 aromatic rings. The van der Waals surface area contributed by atoms with Crippen molar-refractivity contribution in [1.29, 1.82) is 0 Å². The Labute approximate surface area is 112 Å². The number of nitrogen functional groups attached to an aromatic ring is 1. The quantitative estimate of drug-likeness (QED) is 0.745. The van der Waals surface area contributed by atoms with E-state index in [0.29, 0.717) is 22.8 Å². The molecule has 0 aliphatic heterocycles. The highest BCUT2D eigenvalue weighted by molar-refractivity contribution is 7.92. The summed E-state index contributed by atoms with van der Waals surface area (Å²) in [6.07, 6.45) is 0. The van der Waals surface area contributed by atoms with Crippen molar-refractivity contribution < 1.29 is 8.42 Å². The Kier molecular flexibility index (Phi) is 3.23. The molecule has 0 saturated heterocycles. The topological polar surface area (TPSA) is 101 Å². The number of anilines is 2. The van der Waals surface area contributed by atoms with E-state index in [1.54, 1.807) is 32.0 Å². The van der Waals surface area contributed by atoms with Crippen molar-refractivity contribution in [2.75, 3.05) is 10.5 Å². The molecule has 0 saturated carbocycles. The fourth-order valence-electron chi connectivity index (χ4n) is 1.91. The molecule has 0 bridgehead atoms. The van der Waals surface area contributed by atoms with Gasteiger partial charge in [0.25, 0.3) is 10.0 Å². The van der Waals surface area contributed by atoms with Crippen LogP contribution in [0.15, 0.2) is 23.1 Å². The van der Waals surface area contributed by atoms with Crippen molar-refractivity contribution in [3.05, 3.63) is 35.2 Å². The van der Waals surface area contributed by atoms with Gasteiger partial charge in [-0.05, 0) is 38.5 Å². The fourth-order valence-corrected chi connectivity index (χ4v) is 3.37. The Morgan fingerprint density at radius 3 is 2.47 bits per heavy atom. The molecular formula is C12H16N4O2S. The van der Waals surface area contributed by atoms with Gasteiger partial charge in [-0.2, -0.15) is 5.10 Å². The first-order chi connectivity index (χ1) is 8.81. The van der Waals surface area contributed by atoms with E-state index in [1.165, 1.54) is 0 Å². The van der Waals surface area contributed by atoms with Gasteiger partial charge in [0.15, 0.2) is 0 Å². The summed E-state index contributed by atoms with van der Waals surface area (Å²) in [5.74, 6) is 0. The van der Waals surface area contributed by atoms with Crippen LogP contribution in [0.1, 0.15) is 17.0 Å². The Morgan fingerprint density at radius 2 is 1.95 bits per heavy atom. The third-order valence-electron chi connectivity index (χ3n) is 2.78. The number of aromatic amines is 1. The molecule has 0 aliphatic rings. The average molecular weight is 280 g/mol. The molecule has 0 atom stereocenters. The summed E-state index contributed by atoms with van der Waals surface area (Å²) >= 11 is 0. The largest absolute Gasteiger partial charge is 0.397 e. The summed E-state index contributed by atoms with van der Waals surface area (Å²) in [5, 5.41) is 6.54. The minimum absolute atomic E-state index is 0.160. The zero-order valence-corrected chi connectivity index (χ0v) is 11.8. The van der Waals surface area contributed by atoms with E-state index in [9.17, 15) is 8.42 Å². The zero-order chi connectivity index (χ0) is 14.2. The summed E-state index contributed by atoms with van der Waals surface area (Å²) in [6, 6.07) is 5.16. The molecule has 1 heterocycles. The molecule has 6 nitrogen and oxygen atoms in total. The number of sulfonamides is 1. The second kappa shape index (κ2) is 4.58. The zero-order valence-electron chi connectivity index (χ0n) is 11.0. The van der Waals surface area contributed by atoms with Crippen molar-refractivity contribution in [2.24, 2.45) is 0 Å². The van der Waals surface area contributed by atoms with Gasteiger partial charge in [-0.1, -0.05) is 6.07 Å². The third-order valence-corrected chi connectivity index (χ3v) is 4.41. The van der Waals surface area contributed by atoms with Crippen LogP contribution in [-0.4, -0.2) is 18.6 Å². The number of hydrogen-bond donors (Lipinski definition) is 3. The molecule has 2 rings (SSSR count). The lowest BCUT2D eigenvalue weighted by atomic mass is 10.2. The number of nitrogens with zero attached hydrogens (tertiary/aromatic N) is 1. The van der Waals surface area contributed by atoms with Crippen LogP contribution in [0.5, 0.6) is 0 Å². The first-order valence-electron chi connectivity index (χ1n) is 5.72. The number of hydrogen-bond acceptors (Lipinski definition) is 4. The van der Waals surface area contributed by atoms with Crippen molar-refractivity contribution in [3.63, 3.8) is 0 Å². The Bertz CT molecular complexity index is 700. The maximum absolute atomic E-state index is 12.3. The summed E-state index contributed by atoms with van der Waals surface area (Å²) in [7, 11) is -3.69. The number of aromatic nitrogens is 2. The number of H-pyrrole nitrogens is 1. The maximum Gasteiger partial charge on any atom is 0.265 e. The van der Waals surface area contributed by atoms with Crippen molar-refractivity contribution in [2.45, 2.75) is 25.7 Å². The number of nitrogens with one attached hydrogen (secondary N) is 2. The Morgan fingerprint density at radius 1 is 1.26 bits per heavy atom. The summed E-state index contributed by atoms with van der Waals surface area (Å²) in [5.41, 5.74) is 8.46. The van der Waals surface area contributed by atoms with Gasteiger partial charge in [0.1, 0.15) is 4.90 Å². The molecule has 4 N–H and O–H groups in total. The summed E-state index contributed by atoms with van der Waals surface area (Å²) < 4.78 is 27.1. The molecule has 1 aromatic carbocycles. The molecular weight excluding hydrogens is 264 g/mol. The lowest BCUT2D eigenvalue weighted by Crippen LogP contribution is -2.15. The van der Waals surface area contributed by atoms with Crippen LogP contribution in [0.3, 0.4) is 0 Å². The molecule has 0 amide bonds. The van der Waals surface area contributed by atoms with Gasteiger partial charge in [0.2, 0.25) is 0 Å². The number of aryl methyl sites for hydroxylation is 3. The van der Waals surface area contributed by atoms with Gasteiger partial charge in [-0.3, -0.25) is 9.82 Å². The molecule has 1 aromatic heterocycles. The highest BCUT2D eigenvalue weighted by Gasteiger charge is 2.22. The second-order valence-electron chi connectivity index (χ2n) is 4.46. The van der Waals surface area contributed by atoms with E-state index >= 15 is 0 Å². The second-order valence-corrected chi connectivity index (χ2v) is 6.08. The van der Waals surface area contributed by atoms with Gasteiger partial charge in [0.05, 0.1) is 22.8 Å². The van der Waals surface area contributed by atoms with E-state index < -0.39 is 10.0 Å². The number of benzene rings is 1. The average Bonchev–Trinajstić information content (AvgIpc) is 2.63. The lowest BCUT2D eigenvalue weighted by molar-refractivity contribution is 0.600. The van der Waals surface area contributed by atoms with Gasteiger partial charge in [-0.15, -0.1) is 0 Å². The van der Waals surface area contributed by atoms with Crippen LogP contribution in [0.25, 0.3) is 0 Å². The van der Waals surface area contributed by atoms with Gasteiger partial charge in [0, 0.05) is 0 Å². The molecule has 19 heavy (non-hydrogen) atoms. The monoisotopic (exact) mass is 280 g/mol. The molecule has 0 fully saturated rings. The minimum Gasteiger partial charge on any atom is -0.397 e. The van der Waals surface area contributed by atoms with Crippen LogP contribution < -0.4 is 10.5 Å². The first kappa shape index (κ1) is 13.4. The lowest BCUT2D eigenvalue weighted by Gasteiger charge is -2.11. The molecule has 0 radical (unpaired) electrons. The summed E-state index contributed by atoms with van der Waals surface area (Å²) in [4.78, 5) is 0.160. The van der Waals surface area contributed by atoms with Crippen molar-refractivity contribution >= 4 is 21.4 Å². The van der Waals surface area contributed by atoms with Crippen molar-refractivity contribution in [1.82, 2.24) is 10.2 Å². The molecule has 102 valence electrons. The third kappa shape index (κ3) is 2.55. The van der Waals surface area contributed by atoms with Gasteiger partial charge >= 0.3 is 0 Å². The van der Waals surface area contributed by atoms with Crippen LogP contribution >= 0.6 is 0 Å². The molecule has 0 unspecified atom stereocenters. The maximum atomic E-state index is 12.3. The van der Waals surface area contributed by atoms with Crippen LogP contribution in [0.2, 0.25) is 0 Å². The smallest absolute Gasteiger partial charge is 0.265 e. The highest BCUT2D eigenvalue weighted by Crippen LogP contribution is 2.25. The van der Waals surface area contributed by atoms with E-state index in [1.807, 2.05) is 6.92 Å². The predicted octanol–water partition coefficient (Wildman–Crippen LogP) is 1.72. The van der Waals surface area contributed by atoms with Gasteiger partial charge in [-0.25, -0.2) is 8.42 Å². The van der Waals surface area contributed by atoms with Crippen molar-refractivity contribution in [3.8, 4) is 0 Å². The Balaban J connectivity index is 2.42. The van der Waals surface area contributed by atoms with E-state index in [2.05, 4.69) is 14.9 Å². The Hall–Kier alpha value is -2.02. The standard InChI is InChI=1S/C12H16N4O2S/c1-7-4-5-11(10(13)6-7)16-19(17,18)12-8(2)14-15-9(12)3/h4-6,16H,13H2,1-3H3,(H,14,15). The molecule has 7 heteroatoms. The fraction of sp³-hybridized carbons (Fsp3) is 0.250. The number of rotatable bonds is 3. The van der Waals surface area contributed by atoms with Crippen LogP contribution in [-0.2, 0) is 10.0 Å². The van der Waals surface area contributed by atoms with E-state index in [-0.39, 0.29) is 4.90 Å². The van der Waals surface area contributed by atoms with Crippen LogP contribution in [0, 0.1) is 20.8 Å². The normalized spacial score (nSPS) is 11.5. The SMILES string of the molecule is Cc1ccc(NS(=O)(=O)c2c(C)n[nH]c2C)c(N)c1. The molecule has 0 spiro atoms. The predicted molar refractivity (Wildman–Crippen MR) is 74.5 cm³/mol. The van der Waals surface area contributed by atoms with E-state index in [4.69, 9.17) is 5.73 Å². The van der Waals surface area contributed by atoms with Gasteiger partial charge < -0.3 is 5.73 Å².